The van der Waals surface area contributed by atoms with Crippen LogP contribution in [0.15, 0.2) is 36.4 Å². The summed E-state index contributed by atoms with van der Waals surface area (Å²) < 4.78 is 17.8. The standard InChI is InChI=1S/C16H15N5O4/c1-23-15-7-6-13-18-19-14(21(13)20-15)8-17-16(22)12-9-24-10-4-2-3-5-11(10)25-12/h2-7,12H,8-9H2,1H3,(H,17,22)/t12-/m1/s1. The lowest BCUT2D eigenvalue weighted by atomic mass is 10.2. The van der Waals surface area contributed by atoms with Gasteiger partial charge in [-0.2, -0.15) is 4.52 Å². The van der Waals surface area contributed by atoms with Crippen LogP contribution in [0.5, 0.6) is 17.4 Å². The van der Waals surface area contributed by atoms with Gasteiger partial charge in [0.15, 0.2) is 23.0 Å². The van der Waals surface area contributed by atoms with E-state index in [2.05, 4.69) is 20.6 Å². The Morgan fingerprint density at radius 2 is 2.12 bits per heavy atom. The average Bonchev–Trinajstić information content (AvgIpc) is 3.07. The van der Waals surface area contributed by atoms with Crippen LogP contribution in [0.2, 0.25) is 0 Å². The monoisotopic (exact) mass is 341 g/mol. The van der Waals surface area contributed by atoms with E-state index in [0.717, 1.165) is 0 Å². The lowest BCUT2D eigenvalue weighted by Crippen LogP contribution is -2.43. The fraction of sp³-hybridized carbons (Fsp3) is 0.250. The second kappa shape index (κ2) is 6.27. The number of nitrogens with one attached hydrogen (secondary N) is 1. The molecule has 25 heavy (non-hydrogen) atoms. The molecule has 0 spiro atoms. The third-order valence-corrected chi connectivity index (χ3v) is 3.73. The highest BCUT2D eigenvalue weighted by molar-refractivity contribution is 5.81. The van der Waals surface area contributed by atoms with Crippen LogP contribution >= 0.6 is 0 Å². The lowest BCUT2D eigenvalue weighted by molar-refractivity contribution is -0.130. The Morgan fingerprint density at radius 1 is 1.28 bits per heavy atom. The van der Waals surface area contributed by atoms with Crippen LogP contribution < -0.4 is 19.5 Å². The third kappa shape index (κ3) is 2.91. The van der Waals surface area contributed by atoms with E-state index in [1.54, 1.807) is 24.3 Å². The molecule has 2 aromatic heterocycles. The lowest BCUT2D eigenvalue weighted by Gasteiger charge is -2.25. The summed E-state index contributed by atoms with van der Waals surface area (Å²) >= 11 is 0. The van der Waals surface area contributed by atoms with Crippen LogP contribution in [-0.4, -0.2) is 45.5 Å². The van der Waals surface area contributed by atoms with E-state index in [4.69, 9.17) is 14.2 Å². The van der Waals surface area contributed by atoms with Gasteiger partial charge < -0.3 is 19.5 Å². The van der Waals surface area contributed by atoms with Gasteiger partial charge in [-0.3, -0.25) is 4.79 Å². The molecule has 9 heteroatoms. The number of aromatic nitrogens is 4. The minimum Gasteiger partial charge on any atom is -0.485 e. The van der Waals surface area contributed by atoms with E-state index in [0.29, 0.717) is 28.9 Å². The molecule has 1 amide bonds. The number of methoxy groups -OCH3 is 1. The molecule has 1 atom stereocenters. The van der Waals surface area contributed by atoms with Gasteiger partial charge in [0.25, 0.3) is 5.91 Å². The molecule has 1 aliphatic heterocycles. The van der Waals surface area contributed by atoms with Crippen molar-refractivity contribution in [1.82, 2.24) is 25.1 Å². The molecule has 0 bridgehead atoms. The van der Waals surface area contributed by atoms with Gasteiger partial charge in [0, 0.05) is 6.07 Å². The van der Waals surface area contributed by atoms with Gasteiger partial charge in [0.2, 0.25) is 12.0 Å². The van der Waals surface area contributed by atoms with E-state index < -0.39 is 6.10 Å². The first-order chi connectivity index (χ1) is 12.2. The van der Waals surface area contributed by atoms with Gasteiger partial charge in [-0.15, -0.1) is 15.3 Å². The van der Waals surface area contributed by atoms with Crippen LogP contribution in [0.1, 0.15) is 5.82 Å². The largest absolute Gasteiger partial charge is 0.485 e. The molecule has 1 aromatic carbocycles. The average molecular weight is 341 g/mol. The van der Waals surface area contributed by atoms with Crippen LogP contribution in [0, 0.1) is 0 Å². The summed E-state index contributed by atoms with van der Waals surface area (Å²) in [4.78, 5) is 12.3. The second-order valence-electron chi connectivity index (χ2n) is 5.34. The van der Waals surface area contributed by atoms with E-state index in [9.17, 15) is 4.79 Å². The summed E-state index contributed by atoms with van der Waals surface area (Å²) in [5.41, 5.74) is 0.566. The highest BCUT2D eigenvalue weighted by atomic mass is 16.6. The van der Waals surface area contributed by atoms with Crippen molar-refractivity contribution in [1.29, 1.82) is 0 Å². The molecule has 1 N–H and O–H groups in total. The van der Waals surface area contributed by atoms with Crippen molar-refractivity contribution in [2.45, 2.75) is 12.6 Å². The number of hydrogen-bond acceptors (Lipinski definition) is 7. The first-order valence-electron chi connectivity index (χ1n) is 7.66. The van der Waals surface area contributed by atoms with Crippen molar-refractivity contribution in [2.24, 2.45) is 0 Å². The van der Waals surface area contributed by atoms with Crippen LogP contribution in [0.3, 0.4) is 0 Å². The first kappa shape index (κ1) is 15.2. The van der Waals surface area contributed by atoms with Crippen LogP contribution in [0.4, 0.5) is 0 Å². The fourth-order valence-electron chi connectivity index (χ4n) is 2.46. The molecule has 4 rings (SSSR count). The maximum Gasteiger partial charge on any atom is 0.265 e. The summed E-state index contributed by atoms with van der Waals surface area (Å²) in [5.74, 6) is 1.80. The van der Waals surface area contributed by atoms with E-state index in [1.807, 2.05) is 12.1 Å². The quantitative estimate of drug-likeness (QED) is 0.741. The summed E-state index contributed by atoms with van der Waals surface area (Å²) in [6.07, 6.45) is -0.725. The fourth-order valence-corrected chi connectivity index (χ4v) is 2.46. The van der Waals surface area contributed by atoms with Crippen LogP contribution in [-0.2, 0) is 11.3 Å². The molecule has 0 unspecified atom stereocenters. The van der Waals surface area contributed by atoms with Gasteiger partial charge in [0.05, 0.1) is 13.7 Å². The van der Waals surface area contributed by atoms with Crippen molar-refractivity contribution in [3.8, 4) is 17.4 Å². The molecular formula is C16H15N5O4. The second-order valence-corrected chi connectivity index (χ2v) is 5.34. The Hall–Kier alpha value is -3.36. The summed E-state index contributed by atoms with van der Waals surface area (Å²) in [5, 5.41) is 15.0. The molecule has 0 saturated heterocycles. The molecule has 0 fully saturated rings. The Balaban J connectivity index is 1.44. The van der Waals surface area contributed by atoms with Gasteiger partial charge in [-0.25, -0.2) is 0 Å². The molecular weight excluding hydrogens is 326 g/mol. The Kier molecular flexibility index (Phi) is 3.81. The SMILES string of the molecule is COc1ccc2nnc(CNC(=O)[C@H]3COc4ccccc4O3)n2n1. The summed E-state index contributed by atoms with van der Waals surface area (Å²) in [6.45, 7) is 0.303. The van der Waals surface area contributed by atoms with Crippen molar-refractivity contribution >= 4 is 11.6 Å². The minimum absolute atomic E-state index is 0.148. The topological polar surface area (TPSA) is 99.9 Å². The zero-order chi connectivity index (χ0) is 17.2. The smallest absolute Gasteiger partial charge is 0.265 e. The summed E-state index contributed by atoms with van der Waals surface area (Å²) in [7, 11) is 1.53. The molecule has 0 aliphatic carbocycles. The minimum atomic E-state index is -0.725. The van der Waals surface area contributed by atoms with Crippen molar-refractivity contribution in [3.05, 3.63) is 42.2 Å². The van der Waals surface area contributed by atoms with Gasteiger partial charge in [0.1, 0.15) is 6.61 Å². The maximum absolute atomic E-state index is 12.3. The zero-order valence-corrected chi connectivity index (χ0v) is 13.4. The Labute approximate surface area is 142 Å². The number of para-hydroxylation sites is 2. The number of benzene rings is 1. The number of rotatable bonds is 4. The van der Waals surface area contributed by atoms with Crippen molar-refractivity contribution in [2.75, 3.05) is 13.7 Å². The molecule has 0 radical (unpaired) electrons. The molecule has 9 nitrogen and oxygen atoms in total. The molecule has 1 aliphatic rings. The predicted molar refractivity (Wildman–Crippen MR) is 85.5 cm³/mol. The zero-order valence-electron chi connectivity index (χ0n) is 13.4. The normalized spacial score (nSPS) is 15.8. The van der Waals surface area contributed by atoms with Gasteiger partial charge in [-0.05, 0) is 18.2 Å². The van der Waals surface area contributed by atoms with E-state index in [1.165, 1.54) is 11.6 Å². The number of hydrogen-bond donors (Lipinski definition) is 1. The number of nitrogens with zero attached hydrogens (tertiary/aromatic N) is 4. The number of amides is 1. The predicted octanol–water partition coefficient (Wildman–Crippen LogP) is 0.589. The number of fused-ring (bicyclic) bond motifs is 2. The highest BCUT2D eigenvalue weighted by Gasteiger charge is 2.27. The summed E-state index contributed by atoms with van der Waals surface area (Å²) in [6, 6.07) is 10.7. The molecule has 128 valence electrons. The molecule has 3 aromatic rings. The maximum atomic E-state index is 12.3. The number of ether oxygens (including phenoxy) is 3. The van der Waals surface area contributed by atoms with Crippen molar-refractivity contribution < 1.29 is 19.0 Å². The molecule has 0 saturated carbocycles. The Bertz CT molecular complexity index is 926. The molecule has 3 heterocycles. The van der Waals surface area contributed by atoms with Crippen molar-refractivity contribution in [3.63, 3.8) is 0 Å². The van der Waals surface area contributed by atoms with E-state index in [-0.39, 0.29) is 19.1 Å². The third-order valence-electron chi connectivity index (χ3n) is 3.73. The van der Waals surface area contributed by atoms with Crippen LogP contribution in [0.25, 0.3) is 5.65 Å². The number of carbonyl (C=O) groups is 1. The van der Waals surface area contributed by atoms with Gasteiger partial charge in [-0.1, -0.05) is 12.1 Å². The van der Waals surface area contributed by atoms with Gasteiger partial charge >= 0.3 is 0 Å². The van der Waals surface area contributed by atoms with E-state index >= 15 is 0 Å². The first-order valence-corrected chi connectivity index (χ1v) is 7.66. The Morgan fingerprint density at radius 3 is 2.96 bits per heavy atom. The highest BCUT2D eigenvalue weighted by Crippen LogP contribution is 2.30. The number of carbonyl (C=O) groups excluding carboxylic acids is 1.